The zero-order valence-corrected chi connectivity index (χ0v) is 11.2. The van der Waals surface area contributed by atoms with Gasteiger partial charge in [-0.15, -0.1) is 11.6 Å². The molecule has 2 aromatic carbocycles. The molecule has 0 bridgehead atoms. The first-order valence-corrected chi connectivity index (χ1v) is 6.30. The Bertz CT molecular complexity index is 537. The van der Waals surface area contributed by atoms with Gasteiger partial charge in [-0.05, 0) is 31.2 Å². The fraction of sp³-hybridized carbons (Fsp3) is 0.200. The molecule has 0 saturated carbocycles. The van der Waals surface area contributed by atoms with Crippen LogP contribution in [0.5, 0.6) is 0 Å². The molecule has 0 aromatic heterocycles. The maximum Gasteiger partial charge on any atom is 0.129 e. The topological polar surface area (TPSA) is 3.24 Å². The van der Waals surface area contributed by atoms with Gasteiger partial charge in [-0.25, -0.2) is 4.39 Å². The number of halogens is 2. The Balaban J connectivity index is 2.42. The summed E-state index contributed by atoms with van der Waals surface area (Å²) in [6.45, 7) is 2.04. The van der Waals surface area contributed by atoms with Gasteiger partial charge < -0.3 is 4.90 Å². The Morgan fingerprint density at radius 1 is 1.11 bits per heavy atom. The van der Waals surface area contributed by atoms with Crippen molar-refractivity contribution >= 4 is 23.0 Å². The van der Waals surface area contributed by atoms with E-state index in [4.69, 9.17) is 11.6 Å². The molecule has 0 N–H and O–H groups in total. The number of rotatable bonds is 3. The summed E-state index contributed by atoms with van der Waals surface area (Å²) in [6.07, 6.45) is 0. The largest absolute Gasteiger partial charge is 0.344 e. The van der Waals surface area contributed by atoms with Gasteiger partial charge >= 0.3 is 0 Å². The third-order valence-corrected chi connectivity index (χ3v) is 3.28. The van der Waals surface area contributed by atoms with Gasteiger partial charge in [-0.1, -0.05) is 23.8 Å². The van der Waals surface area contributed by atoms with Gasteiger partial charge in [-0.2, -0.15) is 0 Å². The van der Waals surface area contributed by atoms with E-state index < -0.39 is 0 Å². The van der Waals surface area contributed by atoms with Crippen molar-refractivity contribution in [3.8, 4) is 0 Å². The molecule has 0 saturated heterocycles. The number of hydrogen-bond donors (Lipinski definition) is 0. The van der Waals surface area contributed by atoms with Crippen LogP contribution in [0.2, 0.25) is 0 Å². The number of aryl methyl sites for hydroxylation is 1. The summed E-state index contributed by atoms with van der Waals surface area (Å²) in [7, 11) is 1.91. The fourth-order valence-corrected chi connectivity index (χ4v) is 2.17. The molecule has 0 heterocycles. The van der Waals surface area contributed by atoms with Gasteiger partial charge in [0.05, 0.1) is 5.88 Å². The van der Waals surface area contributed by atoms with Crippen LogP contribution < -0.4 is 4.90 Å². The molecule has 3 heteroatoms. The summed E-state index contributed by atoms with van der Waals surface area (Å²) in [5.74, 6) is -0.0976. The Kier molecular flexibility index (Phi) is 3.87. The van der Waals surface area contributed by atoms with Crippen molar-refractivity contribution in [2.45, 2.75) is 12.8 Å². The Morgan fingerprint density at radius 2 is 1.78 bits per heavy atom. The number of nitrogens with zero attached hydrogens (tertiary/aromatic N) is 1. The SMILES string of the molecule is Cc1ccc(N(C)c2cccc(F)c2CCl)cc1. The van der Waals surface area contributed by atoms with Crippen LogP contribution in [0.3, 0.4) is 0 Å². The van der Waals surface area contributed by atoms with Gasteiger partial charge in [0.25, 0.3) is 0 Å². The summed E-state index contributed by atoms with van der Waals surface area (Å²) >= 11 is 5.83. The maximum atomic E-state index is 13.7. The second-order valence-electron chi connectivity index (χ2n) is 4.27. The number of benzene rings is 2. The first-order chi connectivity index (χ1) is 8.63. The zero-order chi connectivity index (χ0) is 13.1. The summed E-state index contributed by atoms with van der Waals surface area (Å²) in [5.41, 5.74) is 3.54. The molecule has 2 aromatic rings. The van der Waals surface area contributed by atoms with Crippen molar-refractivity contribution in [3.05, 3.63) is 59.4 Å². The lowest BCUT2D eigenvalue weighted by molar-refractivity contribution is 0.617. The highest BCUT2D eigenvalue weighted by Gasteiger charge is 2.12. The van der Waals surface area contributed by atoms with Crippen molar-refractivity contribution in [1.82, 2.24) is 0 Å². The van der Waals surface area contributed by atoms with Crippen LogP contribution in [0, 0.1) is 12.7 Å². The lowest BCUT2D eigenvalue weighted by Gasteiger charge is -2.22. The predicted molar refractivity (Wildman–Crippen MR) is 75.2 cm³/mol. The highest BCUT2D eigenvalue weighted by Crippen LogP contribution is 2.29. The molecule has 0 aliphatic carbocycles. The highest BCUT2D eigenvalue weighted by atomic mass is 35.5. The predicted octanol–water partition coefficient (Wildman–Crippen LogP) is 4.64. The van der Waals surface area contributed by atoms with Crippen LogP contribution in [-0.2, 0) is 5.88 Å². The second-order valence-corrected chi connectivity index (χ2v) is 4.53. The average Bonchev–Trinajstić information content (AvgIpc) is 2.38. The summed E-state index contributed by atoms with van der Waals surface area (Å²) in [6, 6.07) is 13.1. The van der Waals surface area contributed by atoms with Gasteiger partial charge in [0, 0.05) is 24.0 Å². The van der Waals surface area contributed by atoms with Crippen LogP contribution in [0.15, 0.2) is 42.5 Å². The van der Waals surface area contributed by atoms with E-state index in [2.05, 4.69) is 0 Å². The molecule has 1 nitrogen and oxygen atoms in total. The molecule has 0 atom stereocenters. The Labute approximate surface area is 112 Å². The normalized spacial score (nSPS) is 10.4. The van der Waals surface area contributed by atoms with Crippen molar-refractivity contribution in [2.75, 3.05) is 11.9 Å². The van der Waals surface area contributed by atoms with E-state index in [1.807, 2.05) is 49.2 Å². The van der Waals surface area contributed by atoms with Crippen molar-refractivity contribution < 1.29 is 4.39 Å². The van der Waals surface area contributed by atoms with E-state index in [0.29, 0.717) is 5.56 Å². The molecule has 0 aliphatic heterocycles. The monoisotopic (exact) mass is 263 g/mol. The Morgan fingerprint density at radius 3 is 2.39 bits per heavy atom. The fourth-order valence-electron chi connectivity index (χ4n) is 1.90. The lowest BCUT2D eigenvalue weighted by atomic mass is 10.1. The van der Waals surface area contributed by atoms with E-state index >= 15 is 0 Å². The van der Waals surface area contributed by atoms with Gasteiger partial charge in [-0.3, -0.25) is 0 Å². The van der Waals surface area contributed by atoms with E-state index in [9.17, 15) is 4.39 Å². The quantitative estimate of drug-likeness (QED) is 0.729. The molecule has 0 fully saturated rings. The smallest absolute Gasteiger partial charge is 0.129 e. The molecule has 0 amide bonds. The van der Waals surface area contributed by atoms with Crippen LogP contribution in [0.1, 0.15) is 11.1 Å². The third-order valence-electron chi connectivity index (χ3n) is 3.01. The van der Waals surface area contributed by atoms with Gasteiger partial charge in [0.2, 0.25) is 0 Å². The Hall–Kier alpha value is -1.54. The minimum atomic E-state index is -0.263. The van der Waals surface area contributed by atoms with Gasteiger partial charge in [0.15, 0.2) is 0 Å². The van der Waals surface area contributed by atoms with E-state index in [1.54, 1.807) is 6.07 Å². The minimum Gasteiger partial charge on any atom is -0.344 e. The minimum absolute atomic E-state index is 0.165. The van der Waals surface area contributed by atoms with E-state index in [0.717, 1.165) is 11.4 Å². The maximum absolute atomic E-state index is 13.7. The van der Waals surface area contributed by atoms with Gasteiger partial charge in [0.1, 0.15) is 5.82 Å². The van der Waals surface area contributed by atoms with Crippen molar-refractivity contribution in [2.24, 2.45) is 0 Å². The van der Waals surface area contributed by atoms with Crippen LogP contribution in [0.25, 0.3) is 0 Å². The summed E-state index contributed by atoms with van der Waals surface area (Å²) < 4.78 is 13.7. The molecule has 0 radical (unpaired) electrons. The van der Waals surface area contributed by atoms with Crippen LogP contribution >= 0.6 is 11.6 Å². The third kappa shape index (κ3) is 2.49. The molecule has 0 unspecified atom stereocenters. The molecule has 2 rings (SSSR count). The first-order valence-electron chi connectivity index (χ1n) is 5.77. The van der Waals surface area contributed by atoms with E-state index in [1.165, 1.54) is 11.6 Å². The molecule has 18 heavy (non-hydrogen) atoms. The number of alkyl halides is 1. The van der Waals surface area contributed by atoms with Crippen molar-refractivity contribution in [3.63, 3.8) is 0 Å². The molecule has 0 aliphatic rings. The molecular formula is C15H15ClFN. The second kappa shape index (κ2) is 5.40. The summed E-state index contributed by atoms with van der Waals surface area (Å²) in [4.78, 5) is 1.94. The molecular weight excluding hydrogens is 249 g/mol. The number of hydrogen-bond acceptors (Lipinski definition) is 1. The van der Waals surface area contributed by atoms with Crippen LogP contribution in [-0.4, -0.2) is 7.05 Å². The number of anilines is 2. The highest BCUT2D eigenvalue weighted by molar-refractivity contribution is 6.17. The van der Waals surface area contributed by atoms with Crippen LogP contribution in [0.4, 0.5) is 15.8 Å². The first kappa shape index (κ1) is 12.9. The van der Waals surface area contributed by atoms with E-state index in [-0.39, 0.29) is 11.7 Å². The zero-order valence-electron chi connectivity index (χ0n) is 10.5. The molecule has 94 valence electrons. The average molecular weight is 264 g/mol. The van der Waals surface area contributed by atoms with Crippen molar-refractivity contribution in [1.29, 1.82) is 0 Å². The lowest BCUT2D eigenvalue weighted by Crippen LogP contribution is -2.12. The summed E-state index contributed by atoms with van der Waals surface area (Å²) in [5, 5.41) is 0. The standard InChI is InChI=1S/C15H15ClFN/c1-11-6-8-12(9-7-11)18(2)15-5-3-4-14(17)13(15)10-16/h3-9H,10H2,1-2H3. The molecule has 0 spiro atoms.